The number of methoxy groups -OCH3 is 1. The zero-order valence-corrected chi connectivity index (χ0v) is 24.7. The highest BCUT2D eigenvalue weighted by atomic mass is 16.5. The average molecular weight is 592 g/mol. The number of rotatable bonds is 8. The Balaban J connectivity index is 1.50. The van der Waals surface area contributed by atoms with E-state index in [1.165, 1.54) is 23.6 Å². The number of aliphatic hydroxyl groups is 1. The second-order valence-corrected chi connectivity index (χ2v) is 12.2. The van der Waals surface area contributed by atoms with Gasteiger partial charge in [0.05, 0.1) is 24.6 Å². The standard InChI is InChI=1S/C32H37N3O8/c1-34(2)25-20-13-17-12-19-23(26(37)22(17)29(39)32(20,42)30(40)24(27(25)38)31(33)41)21(36)14-18(28(19)43-4)15-35(3)11-10-16-8-6-5-7-9-16/h5-9,14,17,20,22,24-25,36,42H,10-13,15H2,1-4H3,(H2,33,41)/t17-,20-,22?,24?,25-,32-/m0/s1. The van der Waals surface area contributed by atoms with Crippen LogP contribution in [0, 0.1) is 23.7 Å². The maximum atomic E-state index is 14.0. The molecule has 2 fully saturated rings. The van der Waals surface area contributed by atoms with Crippen LogP contribution in [-0.2, 0) is 38.6 Å². The predicted octanol–water partition coefficient (Wildman–Crippen LogP) is 0.550. The summed E-state index contributed by atoms with van der Waals surface area (Å²) >= 11 is 0. The number of primary amides is 1. The van der Waals surface area contributed by atoms with Gasteiger partial charge in [0, 0.05) is 30.1 Å². The number of amides is 1. The van der Waals surface area contributed by atoms with E-state index in [0.717, 1.165) is 13.0 Å². The molecule has 5 rings (SSSR count). The van der Waals surface area contributed by atoms with Crippen molar-refractivity contribution in [2.45, 2.75) is 37.5 Å². The quantitative estimate of drug-likeness (QED) is 0.369. The van der Waals surface area contributed by atoms with Crippen LogP contribution in [-0.4, -0.2) is 95.5 Å². The summed E-state index contributed by atoms with van der Waals surface area (Å²) in [5, 5.41) is 22.8. The lowest BCUT2D eigenvalue weighted by molar-refractivity contribution is -0.181. The van der Waals surface area contributed by atoms with Crippen LogP contribution in [0.15, 0.2) is 36.4 Å². The molecule has 228 valence electrons. The van der Waals surface area contributed by atoms with Crippen molar-refractivity contribution in [1.82, 2.24) is 9.80 Å². The van der Waals surface area contributed by atoms with Gasteiger partial charge in [-0.2, -0.15) is 0 Å². The molecule has 3 aliphatic rings. The molecule has 0 bridgehead atoms. The molecule has 0 spiro atoms. The van der Waals surface area contributed by atoms with E-state index < -0.39 is 64.4 Å². The van der Waals surface area contributed by atoms with Crippen LogP contribution in [0.3, 0.4) is 0 Å². The van der Waals surface area contributed by atoms with Gasteiger partial charge in [0.1, 0.15) is 11.5 Å². The number of fused-ring (bicyclic) bond motifs is 3. The number of ketones is 4. The molecular weight excluding hydrogens is 554 g/mol. The second kappa shape index (κ2) is 11.3. The number of carbonyl (C=O) groups is 5. The van der Waals surface area contributed by atoms with E-state index in [2.05, 4.69) is 17.0 Å². The topological polar surface area (TPSA) is 168 Å². The van der Waals surface area contributed by atoms with Crippen LogP contribution in [0.4, 0.5) is 0 Å². The second-order valence-electron chi connectivity index (χ2n) is 12.2. The Morgan fingerprint density at radius 3 is 2.37 bits per heavy atom. The lowest BCUT2D eigenvalue weighted by Gasteiger charge is -2.52. The first-order valence-corrected chi connectivity index (χ1v) is 14.3. The van der Waals surface area contributed by atoms with E-state index in [-0.39, 0.29) is 24.2 Å². The Hall–Kier alpha value is -3.93. The number of hydrogen-bond acceptors (Lipinski definition) is 10. The highest BCUT2D eigenvalue weighted by molar-refractivity contribution is 6.32. The van der Waals surface area contributed by atoms with E-state index in [1.807, 2.05) is 25.2 Å². The third-order valence-corrected chi connectivity index (χ3v) is 9.36. The molecule has 43 heavy (non-hydrogen) atoms. The Morgan fingerprint density at radius 2 is 1.77 bits per heavy atom. The first kappa shape index (κ1) is 30.5. The number of nitrogens with zero attached hydrogens (tertiary/aromatic N) is 2. The summed E-state index contributed by atoms with van der Waals surface area (Å²) in [6.45, 7) is 1.14. The molecule has 2 aromatic carbocycles. The van der Waals surface area contributed by atoms with E-state index in [1.54, 1.807) is 14.1 Å². The number of phenolic OH excluding ortho intramolecular Hbond substituents is 1. The number of likely N-dealkylation sites (N-methyl/N-ethyl adjacent to an activating group) is 2. The number of ether oxygens (including phenoxy) is 1. The van der Waals surface area contributed by atoms with Gasteiger partial charge < -0.3 is 25.6 Å². The molecule has 0 aliphatic heterocycles. The number of phenols is 1. The number of carbonyl (C=O) groups excluding carboxylic acids is 5. The van der Waals surface area contributed by atoms with Gasteiger partial charge in [0.2, 0.25) is 5.91 Å². The summed E-state index contributed by atoms with van der Waals surface area (Å²) in [4.78, 5) is 70.2. The molecule has 0 saturated heterocycles. The normalized spacial score (nSPS) is 28.5. The summed E-state index contributed by atoms with van der Waals surface area (Å²) in [7, 11) is 6.53. The predicted molar refractivity (Wildman–Crippen MR) is 154 cm³/mol. The van der Waals surface area contributed by atoms with Gasteiger partial charge in [0.25, 0.3) is 0 Å². The molecule has 0 aromatic heterocycles. The van der Waals surface area contributed by atoms with E-state index >= 15 is 0 Å². The first-order chi connectivity index (χ1) is 20.3. The molecule has 2 saturated carbocycles. The molecule has 0 heterocycles. The van der Waals surface area contributed by atoms with Crippen LogP contribution in [0.5, 0.6) is 11.5 Å². The minimum Gasteiger partial charge on any atom is -0.507 e. The van der Waals surface area contributed by atoms with Crippen molar-refractivity contribution >= 4 is 29.0 Å². The van der Waals surface area contributed by atoms with Crippen molar-refractivity contribution in [3.05, 3.63) is 58.7 Å². The van der Waals surface area contributed by atoms with Crippen LogP contribution in [0.25, 0.3) is 0 Å². The van der Waals surface area contributed by atoms with Crippen LogP contribution in [0.2, 0.25) is 0 Å². The fourth-order valence-electron chi connectivity index (χ4n) is 7.42. The SMILES string of the molecule is COc1c(CN(C)CCc2ccccc2)cc(O)c2c1C[C@H]1C[C@H]3[C@H](N(C)C)C(=O)C(C(N)=O)C(=O)[C@@]3(O)C(=O)C1C2=O. The average Bonchev–Trinajstić information content (AvgIpc) is 2.94. The van der Waals surface area contributed by atoms with Crippen molar-refractivity contribution in [3.63, 3.8) is 0 Å². The van der Waals surface area contributed by atoms with Crippen molar-refractivity contribution in [1.29, 1.82) is 0 Å². The zero-order valence-electron chi connectivity index (χ0n) is 24.7. The van der Waals surface area contributed by atoms with E-state index in [4.69, 9.17) is 10.5 Å². The number of Topliss-reactive ketones (excluding diaryl/α,β-unsaturated/α-hetero) is 4. The summed E-state index contributed by atoms with van der Waals surface area (Å²) in [6.07, 6.45) is 0.936. The lowest BCUT2D eigenvalue weighted by atomic mass is 9.52. The molecule has 6 atom stereocenters. The van der Waals surface area contributed by atoms with E-state index in [0.29, 0.717) is 23.4 Å². The molecule has 2 unspecified atom stereocenters. The van der Waals surface area contributed by atoms with Crippen LogP contribution < -0.4 is 10.5 Å². The molecule has 0 radical (unpaired) electrons. The minimum absolute atomic E-state index is 0.0188. The Morgan fingerprint density at radius 1 is 1.09 bits per heavy atom. The Labute approximate surface area is 249 Å². The minimum atomic E-state index is -2.75. The number of benzene rings is 2. The third kappa shape index (κ3) is 4.85. The Bertz CT molecular complexity index is 1510. The summed E-state index contributed by atoms with van der Waals surface area (Å²) in [6, 6.07) is 10.3. The van der Waals surface area contributed by atoms with Gasteiger partial charge in [-0.3, -0.25) is 28.9 Å². The van der Waals surface area contributed by atoms with Crippen LogP contribution in [0.1, 0.15) is 33.5 Å². The van der Waals surface area contributed by atoms with Gasteiger partial charge in [-0.1, -0.05) is 30.3 Å². The van der Waals surface area contributed by atoms with Crippen molar-refractivity contribution in [2.75, 3.05) is 34.8 Å². The molecule has 4 N–H and O–H groups in total. The van der Waals surface area contributed by atoms with Gasteiger partial charge in [-0.05, 0) is 58.0 Å². The fourth-order valence-corrected chi connectivity index (χ4v) is 7.42. The van der Waals surface area contributed by atoms with Crippen molar-refractivity contribution < 1.29 is 38.9 Å². The molecule has 11 nitrogen and oxygen atoms in total. The number of nitrogens with two attached hydrogens (primary N) is 1. The highest BCUT2D eigenvalue weighted by Crippen LogP contribution is 2.52. The third-order valence-electron chi connectivity index (χ3n) is 9.36. The highest BCUT2D eigenvalue weighted by Gasteiger charge is 2.69. The summed E-state index contributed by atoms with van der Waals surface area (Å²) < 4.78 is 5.79. The van der Waals surface area contributed by atoms with Gasteiger partial charge in [-0.25, -0.2) is 0 Å². The maximum Gasteiger partial charge on any atom is 0.235 e. The zero-order chi connectivity index (χ0) is 31.4. The molecule has 3 aliphatic carbocycles. The van der Waals surface area contributed by atoms with Gasteiger partial charge in [0.15, 0.2) is 34.7 Å². The number of hydrogen-bond donors (Lipinski definition) is 3. The lowest BCUT2D eigenvalue weighted by Crippen LogP contribution is -2.74. The van der Waals surface area contributed by atoms with Gasteiger partial charge in [-0.15, -0.1) is 0 Å². The monoisotopic (exact) mass is 591 g/mol. The summed E-state index contributed by atoms with van der Waals surface area (Å²) in [5.74, 6) is -10.3. The number of aromatic hydroxyl groups is 1. The largest absolute Gasteiger partial charge is 0.507 e. The molecule has 1 amide bonds. The van der Waals surface area contributed by atoms with E-state index in [9.17, 15) is 34.2 Å². The Kier molecular flexibility index (Phi) is 8.02. The molecular formula is C32H37N3O8. The fraction of sp³-hybridized carbons (Fsp3) is 0.469. The molecule has 11 heteroatoms. The first-order valence-electron chi connectivity index (χ1n) is 14.3. The van der Waals surface area contributed by atoms with Gasteiger partial charge >= 0.3 is 0 Å². The summed E-state index contributed by atoms with van der Waals surface area (Å²) in [5.41, 5.74) is 4.83. The molecule has 2 aromatic rings. The maximum absolute atomic E-state index is 14.0. The van der Waals surface area contributed by atoms with Crippen molar-refractivity contribution in [3.8, 4) is 11.5 Å². The van der Waals surface area contributed by atoms with Crippen molar-refractivity contribution in [2.24, 2.45) is 29.4 Å². The van der Waals surface area contributed by atoms with Crippen LogP contribution >= 0.6 is 0 Å². The smallest absolute Gasteiger partial charge is 0.235 e.